The van der Waals surface area contributed by atoms with Crippen LogP contribution >= 0.6 is 0 Å². The number of nitrogens with one attached hydrogen (secondary N) is 1. The maximum atomic E-state index is 5.94. The average Bonchev–Trinajstić information content (AvgIpc) is 2.75. The van der Waals surface area contributed by atoms with Crippen molar-refractivity contribution in [2.75, 3.05) is 13.1 Å². The monoisotopic (exact) mass is 223 g/mol. The zero-order chi connectivity index (χ0) is 11.4. The normalized spacial score (nSPS) is 25.9. The van der Waals surface area contributed by atoms with Crippen LogP contribution in [0.4, 0.5) is 0 Å². The minimum absolute atomic E-state index is 0.329. The first kappa shape index (κ1) is 11.6. The van der Waals surface area contributed by atoms with Crippen LogP contribution in [0.5, 0.6) is 0 Å². The summed E-state index contributed by atoms with van der Waals surface area (Å²) in [5, 5.41) is 3.37. The van der Waals surface area contributed by atoms with E-state index in [1.165, 1.54) is 6.42 Å². The fourth-order valence-corrected chi connectivity index (χ4v) is 2.13. The Morgan fingerprint density at radius 2 is 2.50 bits per heavy atom. The third kappa shape index (κ3) is 2.62. The smallest absolute Gasteiger partial charge is 0.134 e. The molecule has 1 saturated heterocycles. The number of hydrogen-bond donors (Lipinski definition) is 1. The molecule has 0 amide bonds. The van der Waals surface area contributed by atoms with Gasteiger partial charge in [0.1, 0.15) is 12.4 Å². The van der Waals surface area contributed by atoms with Gasteiger partial charge in [0.15, 0.2) is 0 Å². The molecule has 0 spiro atoms. The summed E-state index contributed by atoms with van der Waals surface area (Å²) in [6, 6.07) is 0. The van der Waals surface area contributed by atoms with E-state index in [0.29, 0.717) is 18.6 Å². The highest BCUT2D eigenvalue weighted by molar-refractivity contribution is 4.90. The van der Waals surface area contributed by atoms with Gasteiger partial charge in [-0.3, -0.25) is 0 Å². The van der Waals surface area contributed by atoms with Crippen molar-refractivity contribution in [2.24, 2.45) is 5.92 Å². The number of piperidine rings is 1. The summed E-state index contributed by atoms with van der Waals surface area (Å²) in [4.78, 5) is 4.31. The number of aromatic nitrogens is 2. The third-order valence-corrected chi connectivity index (χ3v) is 3.33. The molecular formula is C12H21N3O. The third-order valence-electron chi connectivity index (χ3n) is 3.33. The minimum Gasteiger partial charge on any atom is -0.369 e. The second-order valence-corrected chi connectivity index (χ2v) is 4.45. The largest absolute Gasteiger partial charge is 0.369 e. The summed E-state index contributed by atoms with van der Waals surface area (Å²) in [6.07, 6.45) is 5.37. The molecule has 0 aliphatic carbocycles. The summed E-state index contributed by atoms with van der Waals surface area (Å²) >= 11 is 0. The molecule has 0 radical (unpaired) electrons. The van der Waals surface area contributed by atoms with Gasteiger partial charge in [-0.15, -0.1) is 0 Å². The topological polar surface area (TPSA) is 39.1 Å². The van der Waals surface area contributed by atoms with Crippen molar-refractivity contribution in [1.82, 2.24) is 14.9 Å². The highest BCUT2D eigenvalue weighted by Crippen LogP contribution is 2.16. The molecule has 0 bridgehead atoms. The van der Waals surface area contributed by atoms with E-state index in [9.17, 15) is 0 Å². The molecule has 1 aliphatic heterocycles. The van der Waals surface area contributed by atoms with E-state index in [4.69, 9.17) is 4.74 Å². The lowest BCUT2D eigenvalue weighted by Gasteiger charge is -2.29. The van der Waals surface area contributed by atoms with Crippen LogP contribution < -0.4 is 5.32 Å². The Kier molecular flexibility index (Phi) is 3.96. The van der Waals surface area contributed by atoms with Crippen LogP contribution in [-0.2, 0) is 17.9 Å². The van der Waals surface area contributed by atoms with Crippen LogP contribution in [0.15, 0.2) is 12.4 Å². The number of hydrogen-bond acceptors (Lipinski definition) is 3. The van der Waals surface area contributed by atoms with Crippen molar-refractivity contribution < 1.29 is 4.74 Å². The SMILES string of the molecule is CCn1ccnc1COC1CNCCC1C. The van der Waals surface area contributed by atoms with Gasteiger partial charge in [-0.25, -0.2) is 4.98 Å². The van der Waals surface area contributed by atoms with Gasteiger partial charge in [0.05, 0.1) is 6.10 Å². The van der Waals surface area contributed by atoms with Crippen molar-refractivity contribution >= 4 is 0 Å². The summed E-state index contributed by atoms with van der Waals surface area (Å²) in [7, 11) is 0. The molecule has 1 fully saturated rings. The lowest BCUT2D eigenvalue weighted by Crippen LogP contribution is -2.41. The van der Waals surface area contributed by atoms with Crippen LogP contribution in [0.2, 0.25) is 0 Å². The summed E-state index contributed by atoms with van der Waals surface area (Å²) < 4.78 is 8.06. The minimum atomic E-state index is 0.329. The van der Waals surface area contributed by atoms with Gasteiger partial charge in [-0.1, -0.05) is 6.92 Å². The molecule has 1 N–H and O–H groups in total. The van der Waals surface area contributed by atoms with Crippen molar-refractivity contribution in [2.45, 2.75) is 39.5 Å². The summed E-state index contributed by atoms with van der Waals surface area (Å²) in [5.74, 6) is 1.67. The molecule has 1 aromatic heterocycles. The molecule has 16 heavy (non-hydrogen) atoms. The van der Waals surface area contributed by atoms with Gasteiger partial charge >= 0.3 is 0 Å². The molecule has 2 unspecified atom stereocenters. The second-order valence-electron chi connectivity index (χ2n) is 4.45. The highest BCUT2D eigenvalue weighted by Gasteiger charge is 2.21. The molecule has 4 heteroatoms. The van der Waals surface area contributed by atoms with Crippen LogP contribution in [0.25, 0.3) is 0 Å². The van der Waals surface area contributed by atoms with Gasteiger partial charge in [-0.2, -0.15) is 0 Å². The van der Waals surface area contributed by atoms with Crippen molar-refractivity contribution in [3.8, 4) is 0 Å². The van der Waals surface area contributed by atoms with Crippen LogP contribution in [0, 0.1) is 5.92 Å². The van der Waals surface area contributed by atoms with Crippen molar-refractivity contribution in [3.63, 3.8) is 0 Å². The van der Waals surface area contributed by atoms with Crippen molar-refractivity contribution in [1.29, 1.82) is 0 Å². The van der Waals surface area contributed by atoms with E-state index < -0.39 is 0 Å². The lowest BCUT2D eigenvalue weighted by atomic mass is 9.97. The molecular weight excluding hydrogens is 202 g/mol. The van der Waals surface area contributed by atoms with Crippen molar-refractivity contribution in [3.05, 3.63) is 18.2 Å². The standard InChI is InChI=1S/C12H21N3O/c1-3-15-7-6-14-12(15)9-16-11-8-13-5-4-10(11)2/h6-7,10-11,13H,3-5,8-9H2,1-2H3. The van der Waals surface area contributed by atoms with E-state index in [0.717, 1.165) is 25.5 Å². The first-order valence-corrected chi connectivity index (χ1v) is 6.13. The Morgan fingerprint density at radius 1 is 1.62 bits per heavy atom. The molecule has 4 nitrogen and oxygen atoms in total. The summed E-state index contributed by atoms with van der Waals surface area (Å²) in [6.45, 7) is 8.04. The molecule has 1 aliphatic rings. The number of nitrogens with zero attached hydrogens (tertiary/aromatic N) is 2. The van der Waals surface area contributed by atoms with Gasteiger partial charge in [-0.05, 0) is 25.8 Å². The van der Waals surface area contributed by atoms with Gasteiger partial charge < -0.3 is 14.6 Å². The lowest BCUT2D eigenvalue weighted by molar-refractivity contribution is -0.0105. The van der Waals surface area contributed by atoms with E-state index in [1.807, 2.05) is 12.4 Å². The van der Waals surface area contributed by atoms with E-state index >= 15 is 0 Å². The molecule has 2 atom stereocenters. The summed E-state index contributed by atoms with van der Waals surface area (Å²) in [5.41, 5.74) is 0. The quantitative estimate of drug-likeness (QED) is 0.839. The van der Waals surface area contributed by atoms with E-state index in [2.05, 4.69) is 28.7 Å². The first-order valence-electron chi connectivity index (χ1n) is 6.13. The van der Waals surface area contributed by atoms with Gasteiger partial charge in [0, 0.05) is 25.5 Å². The molecule has 90 valence electrons. The predicted molar refractivity (Wildman–Crippen MR) is 63.1 cm³/mol. The maximum absolute atomic E-state index is 5.94. The Balaban J connectivity index is 1.86. The van der Waals surface area contributed by atoms with Crippen LogP contribution in [-0.4, -0.2) is 28.7 Å². The van der Waals surface area contributed by atoms with Crippen LogP contribution in [0.1, 0.15) is 26.1 Å². The van der Waals surface area contributed by atoms with Gasteiger partial charge in [0.25, 0.3) is 0 Å². The number of imidazole rings is 1. The highest BCUT2D eigenvalue weighted by atomic mass is 16.5. The average molecular weight is 223 g/mol. The Bertz CT molecular complexity index is 324. The number of rotatable bonds is 4. The predicted octanol–water partition coefficient (Wildman–Crippen LogP) is 1.42. The molecule has 1 aromatic rings. The maximum Gasteiger partial charge on any atom is 0.134 e. The molecule has 2 rings (SSSR count). The number of ether oxygens (including phenoxy) is 1. The van der Waals surface area contributed by atoms with Gasteiger partial charge in [0.2, 0.25) is 0 Å². The van der Waals surface area contributed by atoms with E-state index in [1.54, 1.807) is 0 Å². The van der Waals surface area contributed by atoms with Crippen LogP contribution in [0.3, 0.4) is 0 Å². The fraction of sp³-hybridized carbons (Fsp3) is 0.750. The molecule has 0 aromatic carbocycles. The fourth-order valence-electron chi connectivity index (χ4n) is 2.13. The second kappa shape index (κ2) is 5.46. The Hall–Kier alpha value is -0.870. The molecule has 0 saturated carbocycles. The first-order chi connectivity index (χ1) is 7.81. The molecule has 2 heterocycles. The zero-order valence-electron chi connectivity index (χ0n) is 10.1. The number of aryl methyl sites for hydroxylation is 1. The Morgan fingerprint density at radius 3 is 3.25 bits per heavy atom. The van der Waals surface area contributed by atoms with E-state index in [-0.39, 0.29) is 0 Å². The Labute approximate surface area is 97.0 Å². The zero-order valence-corrected chi connectivity index (χ0v) is 10.1.